The summed E-state index contributed by atoms with van der Waals surface area (Å²) in [6.07, 6.45) is 5.34. The quantitative estimate of drug-likeness (QED) is 0.431. The Morgan fingerprint density at radius 1 is 0.824 bits per heavy atom. The molecular weight excluding hydrogens is 424 g/mol. The summed E-state index contributed by atoms with van der Waals surface area (Å²) in [5.41, 5.74) is 5.81. The molecule has 0 atom stereocenters. The van der Waals surface area contributed by atoms with Crippen molar-refractivity contribution in [1.82, 2.24) is 24.7 Å². The van der Waals surface area contributed by atoms with Crippen LogP contribution in [-0.2, 0) is 0 Å². The Bertz CT molecular complexity index is 1480. The minimum atomic E-state index is -0.0355. The van der Waals surface area contributed by atoms with Crippen molar-refractivity contribution in [3.63, 3.8) is 0 Å². The number of pyridine rings is 1. The van der Waals surface area contributed by atoms with Crippen molar-refractivity contribution in [2.75, 3.05) is 18.0 Å². The maximum absolute atomic E-state index is 12.6. The first-order valence-corrected chi connectivity index (χ1v) is 11.6. The summed E-state index contributed by atoms with van der Waals surface area (Å²) in [6, 6.07) is 24.3. The number of H-pyrrole nitrogens is 1. The van der Waals surface area contributed by atoms with Gasteiger partial charge in [-0.05, 0) is 48.7 Å². The van der Waals surface area contributed by atoms with Crippen molar-refractivity contribution in [3.05, 3.63) is 95.7 Å². The lowest BCUT2D eigenvalue weighted by atomic mass is 10.00. The molecule has 0 bridgehead atoms. The maximum Gasteiger partial charge on any atom is 0.326 e. The smallest absolute Gasteiger partial charge is 0.326 e. The van der Waals surface area contributed by atoms with Crippen LogP contribution in [0.25, 0.3) is 33.4 Å². The number of piperidine rings is 1. The fourth-order valence-corrected chi connectivity index (χ4v) is 4.89. The first kappa shape index (κ1) is 20.4. The van der Waals surface area contributed by atoms with Crippen LogP contribution in [0.4, 0.5) is 5.82 Å². The van der Waals surface area contributed by atoms with E-state index in [9.17, 15) is 4.79 Å². The van der Waals surface area contributed by atoms with Gasteiger partial charge in [-0.25, -0.2) is 4.79 Å². The number of nitrogens with one attached hydrogen (secondary N) is 1. The molecule has 0 spiro atoms. The Hall–Kier alpha value is -4.26. The second-order valence-corrected chi connectivity index (χ2v) is 8.60. The van der Waals surface area contributed by atoms with E-state index in [0.717, 1.165) is 65.2 Å². The third kappa shape index (κ3) is 3.65. The van der Waals surface area contributed by atoms with Gasteiger partial charge in [0, 0.05) is 42.7 Å². The lowest BCUT2D eigenvalue weighted by Gasteiger charge is -2.33. The van der Waals surface area contributed by atoms with E-state index >= 15 is 0 Å². The number of anilines is 1. The summed E-state index contributed by atoms with van der Waals surface area (Å²) in [4.78, 5) is 22.0. The van der Waals surface area contributed by atoms with Crippen LogP contribution >= 0.6 is 0 Å². The van der Waals surface area contributed by atoms with Crippen molar-refractivity contribution in [1.29, 1.82) is 0 Å². The predicted molar refractivity (Wildman–Crippen MR) is 134 cm³/mol. The number of nitrogens with zero attached hydrogens (tertiary/aromatic N) is 5. The van der Waals surface area contributed by atoms with Gasteiger partial charge in [-0.15, -0.1) is 10.2 Å². The summed E-state index contributed by atoms with van der Waals surface area (Å²) < 4.78 is 1.92. The zero-order valence-electron chi connectivity index (χ0n) is 18.6. The van der Waals surface area contributed by atoms with Crippen LogP contribution in [0.5, 0.6) is 0 Å². The fraction of sp³-hybridized carbons (Fsp3) is 0.185. The first-order chi connectivity index (χ1) is 16.8. The molecule has 1 aliphatic rings. The number of fused-ring (bicyclic) bond motifs is 1. The fourth-order valence-electron chi connectivity index (χ4n) is 4.89. The van der Waals surface area contributed by atoms with E-state index in [4.69, 9.17) is 0 Å². The standard InChI is InChI=1S/C27H24N6O/c34-27-29-23-8-4-5-9-24(23)33(27)21-12-16-32(17-13-21)25-18-22(19-10-14-28-15-11-19)26(31-30-25)20-6-2-1-3-7-20/h1-11,14-15,18,21H,12-13,16-17H2,(H,29,34). The SMILES string of the molecule is O=c1[nH]c2ccccc2n1C1CCN(c2cc(-c3ccncc3)c(-c3ccccc3)nn2)CC1. The van der Waals surface area contributed by atoms with Crippen LogP contribution in [-0.4, -0.2) is 37.8 Å². The molecule has 1 N–H and O–H groups in total. The molecule has 1 fully saturated rings. The van der Waals surface area contributed by atoms with Gasteiger partial charge in [0.1, 0.15) is 5.69 Å². The van der Waals surface area contributed by atoms with E-state index in [2.05, 4.69) is 43.3 Å². The highest BCUT2D eigenvalue weighted by atomic mass is 16.1. The van der Waals surface area contributed by atoms with Gasteiger partial charge in [0.2, 0.25) is 0 Å². The van der Waals surface area contributed by atoms with E-state index in [1.54, 1.807) is 12.4 Å². The Morgan fingerprint density at radius 2 is 1.56 bits per heavy atom. The van der Waals surface area contributed by atoms with Crippen molar-refractivity contribution >= 4 is 16.9 Å². The molecule has 1 saturated heterocycles. The number of imidazole rings is 1. The number of hydrogen-bond acceptors (Lipinski definition) is 5. The minimum absolute atomic E-state index is 0.0355. The van der Waals surface area contributed by atoms with Crippen LogP contribution in [0.1, 0.15) is 18.9 Å². The van der Waals surface area contributed by atoms with E-state index < -0.39 is 0 Å². The van der Waals surface area contributed by atoms with E-state index in [1.165, 1.54) is 0 Å². The van der Waals surface area contributed by atoms with Crippen LogP contribution in [0.15, 0.2) is 90.0 Å². The molecule has 0 aliphatic carbocycles. The summed E-state index contributed by atoms with van der Waals surface area (Å²) >= 11 is 0. The van der Waals surface area contributed by atoms with Crippen LogP contribution in [0.2, 0.25) is 0 Å². The van der Waals surface area contributed by atoms with Crippen LogP contribution in [0.3, 0.4) is 0 Å². The third-order valence-electron chi connectivity index (χ3n) is 6.60. The Morgan fingerprint density at radius 3 is 2.35 bits per heavy atom. The lowest BCUT2D eigenvalue weighted by molar-refractivity contribution is 0.395. The predicted octanol–water partition coefficient (Wildman–Crippen LogP) is 4.69. The molecule has 7 heteroatoms. The van der Waals surface area contributed by atoms with Gasteiger partial charge in [-0.1, -0.05) is 42.5 Å². The van der Waals surface area contributed by atoms with E-state index in [-0.39, 0.29) is 11.7 Å². The van der Waals surface area contributed by atoms with Crippen molar-refractivity contribution in [2.45, 2.75) is 18.9 Å². The molecular formula is C27H24N6O. The maximum atomic E-state index is 12.6. The number of aromatic amines is 1. The van der Waals surface area contributed by atoms with E-state index in [1.807, 2.05) is 59.2 Å². The molecule has 6 rings (SSSR count). The number of para-hydroxylation sites is 2. The minimum Gasteiger partial charge on any atom is -0.355 e. The summed E-state index contributed by atoms with van der Waals surface area (Å²) in [5, 5.41) is 9.26. The van der Waals surface area contributed by atoms with Gasteiger partial charge >= 0.3 is 5.69 Å². The molecule has 0 amide bonds. The molecule has 34 heavy (non-hydrogen) atoms. The van der Waals surface area contributed by atoms with Gasteiger partial charge < -0.3 is 9.88 Å². The monoisotopic (exact) mass is 448 g/mol. The van der Waals surface area contributed by atoms with Crippen molar-refractivity contribution in [3.8, 4) is 22.4 Å². The van der Waals surface area contributed by atoms with Gasteiger partial charge in [-0.3, -0.25) is 9.55 Å². The molecule has 0 unspecified atom stereocenters. The van der Waals surface area contributed by atoms with Crippen molar-refractivity contribution in [2.24, 2.45) is 0 Å². The van der Waals surface area contributed by atoms with E-state index in [0.29, 0.717) is 0 Å². The normalized spacial score (nSPS) is 14.5. The number of rotatable bonds is 4. The highest BCUT2D eigenvalue weighted by Crippen LogP contribution is 2.33. The zero-order valence-corrected chi connectivity index (χ0v) is 18.6. The summed E-state index contributed by atoms with van der Waals surface area (Å²) in [6.45, 7) is 1.62. The molecule has 5 aromatic rings. The van der Waals surface area contributed by atoms with Crippen LogP contribution in [0, 0.1) is 0 Å². The van der Waals surface area contributed by atoms with Gasteiger partial charge in [0.25, 0.3) is 0 Å². The highest BCUT2D eigenvalue weighted by Gasteiger charge is 2.25. The number of aromatic nitrogens is 5. The molecule has 0 saturated carbocycles. The largest absolute Gasteiger partial charge is 0.355 e. The first-order valence-electron chi connectivity index (χ1n) is 11.6. The third-order valence-corrected chi connectivity index (χ3v) is 6.60. The Labute approximate surface area is 196 Å². The number of hydrogen-bond donors (Lipinski definition) is 1. The molecule has 1 aliphatic heterocycles. The second kappa shape index (κ2) is 8.59. The zero-order chi connectivity index (χ0) is 22.9. The second-order valence-electron chi connectivity index (χ2n) is 8.60. The molecule has 168 valence electrons. The molecule has 2 aromatic carbocycles. The highest BCUT2D eigenvalue weighted by molar-refractivity contribution is 5.81. The van der Waals surface area contributed by atoms with Crippen LogP contribution < -0.4 is 10.6 Å². The summed E-state index contributed by atoms with van der Waals surface area (Å²) in [5.74, 6) is 0.858. The van der Waals surface area contributed by atoms with Gasteiger partial charge in [-0.2, -0.15) is 0 Å². The molecule has 0 radical (unpaired) electrons. The van der Waals surface area contributed by atoms with Gasteiger partial charge in [0.05, 0.1) is 11.0 Å². The number of benzene rings is 2. The average molecular weight is 449 g/mol. The average Bonchev–Trinajstić information content (AvgIpc) is 3.25. The summed E-state index contributed by atoms with van der Waals surface area (Å²) in [7, 11) is 0. The molecule has 4 heterocycles. The topological polar surface area (TPSA) is 79.7 Å². The molecule has 3 aromatic heterocycles. The Kier molecular flexibility index (Phi) is 5.14. The van der Waals surface area contributed by atoms with Crippen molar-refractivity contribution < 1.29 is 0 Å². The molecule has 7 nitrogen and oxygen atoms in total. The Balaban J connectivity index is 1.30. The lowest BCUT2D eigenvalue weighted by Crippen LogP contribution is -2.37. The van der Waals surface area contributed by atoms with Gasteiger partial charge in [0.15, 0.2) is 5.82 Å².